The van der Waals surface area contributed by atoms with Crippen molar-refractivity contribution in [2.24, 2.45) is 5.92 Å². The molecule has 250 valence electrons. The van der Waals surface area contributed by atoms with Gasteiger partial charge in [-0.3, -0.25) is 0 Å². The summed E-state index contributed by atoms with van der Waals surface area (Å²) < 4.78 is 16.8. The lowest BCUT2D eigenvalue weighted by atomic mass is 10.0. The maximum Gasteiger partial charge on any atom is 0.343 e. The van der Waals surface area contributed by atoms with Crippen LogP contribution in [0, 0.1) is 5.92 Å². The largest absolute Gasteiger partial charge is 0.494 e. The summed E-state index contributed by atoms with van der Waals surface area (Å²) >= 11 is 0. The number of carbonyl (C=O) groups is 2. The molecule has 0 amide bonds. The number of carbonyl (C=O) groups excluding carboxylic acids is 2. The molecule has 0 saturated carbocycles. The third-order valence-electron chi connectivity index (χ3n) is 8.52. The highest BCUT2D eigenvalue weighted by Crippen LogP contribution is 2.24. The van der Waals surface area contributed by atoms with Crippen molar-refractivity contribution in [3.63, 3.8) is 0 Å². The highest BCUT2D eigenvalue weighted by atomic mass is 16.5. The molecule has 0 N–H and O–H groups in total. The minimum Gasteiger partial charge on any atom is -0.494 e. The molecule has 5 heteroatoms. The first-order valence-electron chi connectivity index (χ1n) is 17.8. The summed E-state index contributed by atoms with van der Waals surface area (Å²) in [7, 11) is 0. The van der Waals surface area contributed by atoms with E-state index in [0.717, 1.165) is 41.5 Å². The summed E-state index contributed by atoms with van der Waals surface area (Å²) in [5.41, 5.74) is 1.30. The highest BCUT2D eigenvalue weighted by Gasteiger charge is 2.10. The molecule has 0 aliphatic heterocycles. The van der Waals surface area contributed by atoms with Crippen molar-refractivity contribution >= 4 is 28.8 Å². The van der Waals surface area contributed by atoms with E-state index < -0.39 is 5.97 Å². The van der Waals surface area contributed by atoms with Crippen molar-refractivity contribution in [2.45, 2.75) is 117 Å². The van der Waals surface area contributed by atoms with Crippen LogP contribution in [-0.2, 0) is 9.53 Å². The van der Waals surface area contributed by atoms with Crippen molar-refractivity contribution in [1.82, 2.24) is 0 Å². The lowest BCUT2D eigenvalue weighted by molar-refractivity contribution is -0.138. The van der Waals surface area contributed by atoms with Crippen LogP contribution in [-0.4, -0.2) is 25.2 Å². The van der Waals surface area contributed by atoms with Crippen molar-refractivity contribution in [3.05, 3.63) is 77.9 Å². The monoisotopic (exact) mass is 628 g/mol. The van der Waals surface area contributed by atoms with Crippen molar-refractivity contribution < 1.29 is 23.8 Å². The smallest absolute Gasteiger partial charge is 0.343 e. The molecule has 3 aromatic rings. The van der Waals surface area contributed by atoms with Crippen LogP contribution in [0.2, 0.25) is 0 Å². The number of ether oxygens (including phenoxy) is 3. The van der Waals surface area contributed by atoms with Gasteiger partial charge in [-0.1, -0.05) is 135 Å². The van der Waals surface area contributed by atoms with Crippen LogP contribution in [0.3, 0.4) is 0 Å². The Morgan fingerprint density at radius 1 is 0.674 bits per heavy atom. The third-order valence-corrected chi connectivity index (χ3v) is 8.52. The van der Waals surface area contributed by atoms with Crippen molar-refractivity contribution in [1.29, 1.82) is 0 Å². The second kappa shape index (κ2) is 22.0. The van der Waals surface area contributed by atoms with Crippen LogP contribution in [0.1, 0.15) is 133 Å². The molecule has 3 aromatic carbocycles. The first kappa shape index (κ1) is 36.9. The number of rotatable bonds is 23. The lowest BCUT2D eigenvalue weighted by Crippen LogP contribution is -2.09. The van der Waals surface area contributed by atoms with Gasteiger partial charge in [0.25, 0.3) is 0 Å². The normalized spacial score (nSPS) is 12.0. The van der Waals surface area contributed by atoms with Gasteiger partial charge in [0.1, 0.15) is 11.5 Å². The molecule has 0 spiro atoms. The molecule has 46 heavy (non-hydrogen) atoms. The zero-order chi connectivity index (χ0) is 32.8. The Labute approximate surface area is 277 Å². The molecule has 3 rings (SSSR count). The Morgan fingerprint density at radius 3 is 1.87 bits per heavy atom. The second-order valence-corrected chi connectivity index (χ2v) is 12.6. The quantitative estimate of drug-likeness (QED) is 0.0452. The van der Waals surface area contributed by atoms with Crippen LogP contribution < -0.4 is 9.47 Å². The van der Waals surface area contributed by atoms with E-state index in [9.17, 15) is 9.59 Å². The number of esters is 2. The molecular formula is C41H56O5. The van der Waals surface area contributed by atoms with E-state index in [-0.39, 0.29) is 5.97 Å². The minimum atomic E-state index is -0.419. The van der Waals surface area contributed by atoms with E-state index in [1.54, 1.807) is 36.4 Å². The summed E-state index contributed by atoms with van der Waals surface area (Å²) in [6.07, 6.45) is 22.9. The van der Waals surface area contributed by atoms with E-state index in [1.807, 2.05) is 37.3 Å². The number of benzene rings is 3. The van der Waals surface area contributed by atoms with Gasteiger partial charge < -0.3 is 14.2 Å². The Bertz CT molecular complexity index is 1330. The van der Waals surface area contributed by atoms with E-state index in [4.69, 9.17) is 14.2 Å². The van der Waals surface area contributed by atoms with Gasteiger partial charge in [0.15, 0.2) is 0 Å². The summed E-state index contributed by atoms with van der Waals surface area (Å²) in [5, 5.41) is 1.98. The highest BCUT2D eigenvalue weighted by molar-refractivity contribution is 5.96. The summed E-state index contributed by atoms with van der Waals surface area (Å²) in [5.74, 6) is 0.853. The Morgan fingerprint density at radius 2 is 1.24 bits per heavy atom. The van der Waals surface area contributed by atoms with E-state index in [0.29, 0.717) is 23.8 Å². The molecule has 0 bridgehead atoms. The molecule has 0 aliphatic carbocycles. The van der Waals surface area contributed by atoms with Gasteiger partial charge in [0.2, 0.25) is 0 Å². The third kappa shape index (κ3) is 14.7. The molecular weight excluding hydrogens is 572 g/mol. The maximum atomic E-state index is 12.8. The van der Waals surface area contributed by atoms with Crippen molar-refractivity contribution in [2.75, 3.05) is 13.2 Å². The van der Waals surface area contributed by atoms with Crippen molar-refractivity contribution in [3.8, 4) is 11.5 Å². The standard InChI is InChI=1S/C41H56O5/c1-4-6-7-8-9-10-11-12-13-14-15-16-17-18-29-44-39-27-24-35-30-37(23-22-36(35)31-39)41(43)46-38-25-19-34(20-26-38)21-28-40(42)45-32-33(3)5-2/h19-28,30-31,33H,4-18,29,32H2,1-3H3/b28-21+/t33-/m0/s1. The first-order chi connectivity index (χ1) is 22.5. The van der Waals surface area contributed by atoms with Crippen LogP contribution >= 0.6 is 0 Å². The minimum absolute atomic E-state index is 0.342. The number of hydrogen-bond acceptors (Lipinski definition) is 5. The molecule has 0 heterocycles. The number of fused-ring (bicyclic) bond motifs is 1. The fourth-order valence-corrected chi connectivity index (χ4v) is 5.29. The van der Waals surface area contributed by atoms with E-state index >= 15 is 0 Å². The summed E-state index contributed by atoms with van der Waals surface area (Å²) in [6, 6.07) is 18.6. The van der Waals surface area contributed by atoms with Gasteiger partial charge in [-0.15, -0.1) is 0 Å². The molecule has 1 atom stereocenters. The SMILES string of the molecule is CCCCCCCCCCCCCCCCOc1ccc2cc(C(=O)Oc3ccc(/C=C/C(=O)OC[C@@H](C)CC)cc3)ccc2c1. The van der Waals surface area contributed by atoms with Gasteiger partial charge in [0.05, 0.1) is 18.8 Å². The second-order valence-electron chi connectivity index (χ2n) is 12.6. The molecule has 0 fully saturated rings. The zero-order valence-corrected chi connectivity index (χ0v) is 28.6. The molecule has 0 radical (unpaired) electrons. The summed E-state index contributed by atoms with van der Waals surface area (Å²) in [4.78, 5) is 24.7. The average molecular weight is 629 g/mol. The number of hydrogen-bond donors (Lipinski definition) is 0. The molecule has 0 unspecified atom stereocenters. The Balaban J connectivity index is 1.32. The molecule has 0 saturated heterocycles. The van der Waals surface area contributed by atoms with Gasteiger partial charge in [-0.25, -0.2) is 9.59 Å². The van der Waals surface area contributed by atoms with Gasteiger partial charge in [0, 0.05) is 6.08 Å². The predicted molar refractivity (Wildman–Crippen MR) is 191 cm³/mol. The van der Waals surface area contributed by atoms with Gasteiger partial charge >= 0.3 is 11.9 Å². The van der Waals surface area contributed by atoms with Crippen LogP contribution in [0.25, 0.3) is 16.8 Å². The Kier molecular flexibility index (Phi) is 17.6. The maximum absolute atomic E-state index is 12.8. The fourth-order valence-electron chi connectivity index (χ4n) is 5.29. The van der Waals surface area contributed by atoms with E-state index in [1.165, 1.54) is 89.5 Å². The predicted octanol–water partition coefficient (Wildman–Crippen LogP) is 11.5. The number of unbranched alkanes of at least 4 members (excludes halogenated alkanes) is 13. The van der Waals surface area contributed by atoms with E-state index in [2.05, 4.69) is 13.8 Å². The molecule has 0 aliphatic rings. The Hall–Kier alpha value is -3.60. The summed E-state index contributed by atoms with van der Waals surface area (Å²) in [6.45, 7) is 7.53. The van der Waals surface area contributed by atoms with Crippen LogP contribution in [0.5, 0.6) is 11.5 Å². The molecule has 0 aromatic heterocycles. The lowest BCUT2D eigenvalue weighted by Gasteiger charge is -2.09. The van der Waals surface area contributed by atoms with Gasteiger partial charge in [-0.2, -0.15) is 0 Å². The molecule has 5 nitrogen and oxygen atoms in total. The topological polar surface area (TPSA) is 61.8 Å². The van der Waals surface area contributed by atoms with Crippen LogP contribution in [0.4, 0.5) is 0 Å². The van der Waals surface area contributed by atoms with Crippen LogP contribution in [0.15, 0.2) is 66.7 Å². The first-order valence-corrected chi connectivity index (χ1v) is 17.8. The zero-order valence-electron chi connectivity index (χ0n) is 28.6. The fraction of sp³-hybridized carbons (Fsp3) is 0.512. The van der Waals surface area contributed by atoms with Gasteiger partial charge in [-0.05, 0) is 71.1 Å². The average Bonchev–Trinajstić information content (AvgIpc) is 3.08.